The zero-order valence-corrected chi connectivity index (χ0v) is 18.7. The van der Waals surface area contributed by atoms with Crippen molar-refractivity contribution in [1.29, 1.82) is 0 Å². The molecule has 0 amide bonds. The van der Waals surface area contributed by atoms with Gasteiger partial charge in [-0.05, 0) is 73.0 Å². The Hall–Kier alpha value is -1.23. The molecule has 4 nitrogen and oxygen atoms in total. The van der Waals surface area contributed by atoms with Crippen LogP contribution in [0.15, 0.2) is 30.5 Å². The number of halogens is 1. The van der Waals surface area contributed by atoms with Crippen LogP contribution in [0.2, 0.25) is 0 Å². The Morgan fingerprint density at radius 1 is 1.00 bits per heavy atom. The molecule has 6 rings (SSSR count). The number of aromatic amines is 1. The Bertz CT molecular complexity index is 840. The van der Waals surface area contributed by atoms with Crippen LogP contribution in [0.25, 0.3) is 10.9 Å². The van der Waals surface area contributed by atoms with Crippen LogP contribution in [0.3, 0.4) is 0 Å². The van der Waals surface area contributed by atoms with E-state index >= 15 is 0 Å². The molecule has 4 aliphatic carbocycles. The van der Waals surface area contributed by atoms with Crippen molar-refractivity contribution in [2.45, 2.75) is 70.9 Å². The van der Waals surface area contributed by atoms with Gasteiger partial charge in [0.1, 0.15) is 18.5 Å². The molecule has 0 spiro atoms. The first-order valence-corrected chi connectivity index (χ1v) is 10.8. The van der Waals surface area contributed by atoms with Gasteiger partial charge < -0.3 is 20.1 Å². The lowest BCUT2D eigenvalue weighted by Gasteiger charge is -2.69. The van der Waals surface area contributed by atoms with E-state index in [1.165, 1.54) is 38.5 Å². The maximum absolute atomic E-state index is 10.6. The molecule has 0 saturated heterocycles. The van der Waals surface area contributed by atoms with E-state index in [1.54, 1.807) is 0 Å². The van der Waals surface area contributed by atoms with Crippen LogP contribution in [-0.2, 0) is 0 Å². The first-order valence-electron chi connectivity index (χ1n) is 10.8. The summed E-state index contributed by atoms with van der Waals surface area (Å²) in [5, 5.41) is 15.5. The van der Waals surface area contributed by atoms with Crippen molar-refractivity contribution in [2.75, 3.05) is 13.2 Å². The van der Waals surface area contributed by atoms with Crippen molar-refractivity contribution in [2.24, 2.45) is 16.2 Å². The second-order valence-electron chi connectivity index (χ2n) is 11.3. The molecule has 4 aliphatic rings. The molecule has 0 radical (unpaired) electrons. The Kier molecular flexibility index (Phi) is 5.00. The van der Waals surface area contributed by atoms with Gasteiger partial charge in [0.15, 0.2) is 0 Å². The van der Waals surface area contributed by atoms with Crippen LogP contribution < -0.4 is 10.1 Å². The average Bonchev–Trinajstić information content (AvgIpc) is 3.03. The van der Waals surface area contributed by atoms with E-state index in [-0.39, 0.29) is 17.9 Å². The van der Waals surface area contributed by atoms with Gasteiger partial charge in [0.2, 0.25) is 0 Å². The second kappa shape index (κ2) is 6.90. The molecule has 1 atom stereocenters. The number of hydrogen-bond donors (Lipinski definition) is 3. The predicted octanol–water partition coefficient (Wildman–Crippen LogP) is 5.06. The van der Waals surface area contributed by atoms with Gasteiger partial charge in [-0.3, -0.25) is 0 Å². The lowest BCUT2D eigenvalue weighted by Crippen LogP contribution is -2.67. The third-order valence-corrected chi connectivity index (χ3v) is 7.56. The molecule has 1 aromatic carbocycles. The largest absolute Gasteiger partial charge is 0.490 e. The molecule has 160 valence electrons. The SMILES string of the molecule is CC12CC3(C)CC(C)(C1)CC(NC[C@H](O)COc1cccc4[nH]ccc14)(C2)C3.Cl. The van der Waals surface area contributed by atoms with E-state index in [2.05, 4.69) is 31.1 Å². The van der Waals surface area contributed by atoms with Gasteiger partial charge in [-0.2, -0.15) is 0 Å². The van der Waals surface area contributed by atoms with E-state index in [4.69, 9.17) is 4.74 Å². The van der Waals surface area contributed by atoms with Crippen LogP contribution in [0, 0.1) is 16.2 Å². The molecule has 3 N–H and O–H groups in total. The van der Waals surface area contributed by atoms with E-state index in [0.717, 1.165) is 16.7 Å². The van der Waals surface area contributed by atoms with Gasteiger partial charge in [-0.15, -0.1) is 12.4 Å². The third kappa shape index (κ3) is 3.80. The van der Waals surface area contributed by atoms with Gasteiger partial charge in [-0.25, -0.2) is 0 Å². The Morgan fingerprint density at radius 2 is 1.62 bits per heavy atom. The number of rotatable bonds is 6. The van der Waals surface area contributed by atoms with Gasteiger partial charge in [-0.1, -0.05) is 26.8 Å². The summed E-state index contributed by atoms with van der Waals surface area (Å²) in [5.74, 6) is 0.833. The normalized spacial score (nSPS) is 38.8. The number of nitrogens with one attached hydrogen (secondary N) is 2. The lowest BCUT2D eigenvalue weighted by molar-refractivity contribution is -0.159. The number of ether oxygens (including phenoxy) is 1. The highest BCUT2D eigenvalue weighted by Gasteiger charge is 2.63. The van der Waals surface area contributed by atoms with Gasteiger partial charge in [0.05, 0.1) is 0 Å². The highest BCUT2D eigenvalue weighted by Crippen LogP contribution is 2.70. The molecule has 2 aromatic rings. The van der Waals surface area contributed by atoms with Crippen LogP contribution in [0.4, 0.5) is 0 Å². The van der Waals surface area contributed by atoms with Crippen molar-refractivity contribution in [3.05, 3.63) is 30.5 Å². The molecule has 4 saturated carbocycles. The molecular weight excluding hydrogens is 384 g/mol. The monoisotopic (exact) mass is 418 g/mol. The number of benzene rings is 1. The van der Waals surface area contributed by atoms with Gasteiger partial charge in [0.25, 0.3) is 0 Å². The summed E-state index contributed by atoms with van der Waals surface area (Å²) in [6.45, 7) is 8.40. The van der Waals surface area contributed by atoms with Crippen LogP contribution in [0.5, 0.6) is 5.75 Å². The quantitative estimate of drug-likeness (QED) is 0.614. The number of H-pyrrole nitrogens is 1. The third-order valence-electron chi connectivity index (χ3n) is 7.56. The zero-order valence-electron chi connectivity index (χ0n) is 17.9. The number of aliphatic hydroxyl groups is 1. The molecule has 0 unspecified atom stereocenters. The summed E-state index contributed by atoms with van der Waals surface area (Å²) >= 11 is 0. The fourth-order valence-electron chi connectivity index (χ4n) is 8.24. The molecule has 29 heavy (non-hydrogen) atoms. The molecule has 4 fully saturated rings. The van der Waals surface area contributed by atoms with Crippen molar-refractivity contribution >= 4 is 23.3 Å². The smallest absolute Gasteiger partial charge is 0.128 e. The summed E-state index contributed by atoms with van der Waals surface area (Å²) in [7, 11) is 0. The van der Waals surface area contributed by atoms with Crippen molar-refractivity contribution in [3.8, 4) is 5.75 Å². The number of hydrogen-bond acceptors (Lipinski definition) is 3. The number of β-amino-alcohol motifs (C(OH)–C–C–N with tert-alkyl or cyclic N) is 1. The molecule has 1 heterocycles. The molecular formula is C24H35ClN2O2. The number of fused-ring (bicyclic) bond motifs is 1. The first kappa shape index (κ1) is 21.0. The minimum atomic E-state index is -0.504. The minimum Gasteiger partial charge on any atom is -0.490 e. The first-order chi connectivity index (χ1) is 13.2. The van der Waals surface area contributed by atoms with E-state index < -0.39 is 6.10 Å². The van der Waals surface area contributed by atoms with Crippen LogP contribution in [-0.4, -0.2) is 34.9 Å². The topological polar surface area (TPSA) is 57.3 Å². The van der Waals surface area contributed by atoms with Gasteiger partial charge in [0, 0.05) is 29.2 Å². The maximum atomic E-state index is 10.6. The molecule has 0 aliphatic heterocycles. The van der Waals surface area contributed by atoms with Crippen LogP contribution >= 0.6 is 12.4 Å². The second-order valence-corrected chi connectivity index (χ2v) is 11.3. The molecule has 1 aromatic heterocycles. The highest BCUT2D eigenvalue weighted by atomic mass is 35.5. The highest BCUT2D eigenvalue weighted by molar-refractivity contribution is 5.86. The van der Waals surface area contributed by atoms with E-state index in [1.807, 2.05) is 30.5 Å². The van der Waals surface area contributed by atoms with E-state index in [0.29, 0.717) is 29.4 Å². The lowest BCUT2D eigenvalue weighted by atomic mass is 9.38. The maximum Gasteiger partial charge on any atom is 0.128 e. The predicted molar refractivity (Wildman–Crippen MR) is 120 cm³/mol. The average molecular weight is 419 g/mol. The Morgan fingerprint density at radius 3 is 2.24 bits per heavy atom. The molecule has 4 bridgehead atoms. The number of aromatic nitrogens is 1. The summed E-state index contributed by atoms with van der Waals surface area (Å²) in [6.07, 6.45) is 9.27. The van der Waals surface area contributed by atoms with Crippen molar-refractivity contribution < 1.29 is 9.84 Å². The number of aliphatic hydroxyl groups excluding tert-OH is 1. The van der Waals surface area contributed by atoms with Gasteiger partial charge >= 0.3 is 0 Å². The van der Waals surface area contributed by atoms with Crippen LogP contribution in [0.1, 0.15) is 59.3 Å². The summed E-state index contributed by atoms with van der Waals surface area (Å²) in [6, 6.07) is 8.01. The summed E-state index contributed by atoms with van der Waals surface area (Å²) in [4.78, 5) is 3.20. The standard InChI is InChI=1S/C24H34N2O2.ClH/c1-21-11-22(2)13-23(3,12-21)16-24(14-21,15-22)26-9-17(27)10-28-20-6-4-5-19-18(20)7-8-25-19;/h4-8,17,25-27H,9-16H2,1-3H3;1H/t17-,21?,22?,23?,24?;/m0./s1. The fourth-order valence-corrected chi connectivity index (χ4v) is 8.24. The fraction of sp³-hybridized carbons (Fsp3) is 0.667. The molecule has 5 heteroatoms. The zero-order chi connectivity index (χ0) is 19.6. The summed E-state index contributed by atoms with van der Waals surface area (Å²) < 4.78 is 5.96. The summed E-state index contributed by atoms with van der Waals surface area (Å²) in [5.41, 5.74) is 2.62. The van der Waals surface area contributed by atoms with Crippen molar-refractivity contribution in [1.82, 2.24) is 10.3 Å². The minimum absolute atomic E-state index is 0. The Labute approximate surface area is 180 Å². The Balaban J connectivity index is 0.00000205. The van der Waals surface area contributed by atoms with Crippen molar-refractivity contribution in [3.63, 3.8) is 0 Å². The van der Waals surface area contributed by atoms with E-state index in [9.17, 15) is 5.11 Å².